The topological polar surface area (TPSA) is 123 Å². The highest BCUT2D eigenvalue weighted by Crippen LogP contribution is 2.29. The van der Waals surface area contributed by atoms with Crippen LogP contribution in [0.25, 0.3) is 10.4 Å². The molecule has 1 aromatic carbocycles. The van der Waals surface area contributed by atoms with Crippen LogP contribution in [0.1, 0.15) is 36.8 Å². The van der Waals surface area contributed by atoms with Gasteiger partial charge in [0.1, 0.15) is 23.2 Å². The quantitative estimate of drug-likeness (QED) is 0.220. The second-order valence-electron chi connectivity index (χ2n) is 6.85. The van der Waals surface area contributed by atoms with Gasteiger partial charge in [-0.1, -0.05) is 25.0 Å². The van der Waals surface area contributed by atoms with Gasteiger partial charge in [0.15, 0.2) is 5.03 Å². The molecule has 0 fully saturated rings. The molecule has 9 nitrogen and oxygen atoms in total. The molecular weight excluding hydrogens is 430 g/mol. The van der Waals surface area contributed by atoms with Gasteiger partial charge >= 0.3 is 10.1 Å². The summed E-state index contributed by atoms with van der Waals surface area (Å²) < 4.78 is 59.9. The molecule has 3 aromatic rings. The van der Waals surface area contributed by atoms with E-state index >= 15 is 0 Å². The van der Waals surface area contributed by atoms with Crippen LogP contribution in [0.3, 0.4) is 0 Å². The summed E-state index contributed by atoms with van der Waals surface area (Å²) >= 11 is 0. The second kappa shape index (κ2) is 9.11. The average molecular weight is 448 g/mol. The van der Waals surface area contributed by atoms with Crippen molar-refractivity contribution >= 4 is 10.1 Å². The Balaban J connectivity index is 2.17. The van der Waals surface area contributed by atoms with Crippen LogP contribution in [0.2, 0.25) is 0 Å². The van der Waals surface area contributed by atoms with Crippen LogP contribution < -0.4 is 4.18 Å². The first kappa shape index (κ1) is 22.2. The fraction of sp³-hybridized carbons (Fsp3) is 0.263. The lowest BCUT2D eigenvalue weighted by Gasteiger charge is -2.14. The minimum absolute atomic E-state index is 0.0409. The van der Waals surface area contributed by atoms with Crippen molar-refractivity contribution in [3.05, 3.63) is 81.9 Å². The molecule has 0 aliphatic carbocycles. The van der Waals surface area contributed by atoms with Gasteiger partial charge < -0.3 is 8.75 Å². The lowest BCUT2D eigenvalue weighted by Crippen LogP contribution is -2.19. The van der Waals surface area contributed by atoms with E-state index in [-0.39, 0.29) is 35.6 Å². The summed E-state index contributed by atoms with van der Waals surface area (Å²) in [4.78, 5) is 11.1. The van der Waals surface area contributed by atoms with Gasteiger partial charge in [-0.25, -0.2) is 13.8 Å². The Morgan fingerprint density at radius 2 is 1.97 bits per heavy atom. The van der Waals surface area contributed by atoms with Crippen LogP contribution >= 0.6 is 0 Å². The highest BCUT2D eigenvalue weighted by atomic mass is 32.2. The molecule has 12 heteroatoms. The molecule has 0 aliphatic rings. The molecule has 2 heterocycles. The number of hydrogen-bond donors (Lipinski definition) is 0. The van der Waals surface area contributed by atoms with E-state index in [2.05, 4.69) is 20.0 Å². The predicted molar refractivity (Wildman–Crippen MR) is 107 cm³/mol. The summed E-state index contributed by atoms with van der Waals surface area (Å²) in [6.45, 7) is 3.30. The van der Waals surface area contributed by atoms with Gasteiger partial charge in [0, 0.05) is 35.5 Å². The summed E-state index contributed by atoms with van der Waals surface area (Å²) in [5.74, 6) is -2.64. The van der Waals surface area contributed by atoms with Gasteiger partial charge in [-0.05, 0) is 23.1 Å². The maximum atomic E-state index is 13.5. The summed E-state index contributed by atoms with van der Waals surface area (Å²) in [7, 11) is -4.57. The fourth-order valence-electron chi connectivity index (χ4n) is 2.94. The number of rotatable bonds is 8. The first-order valence-corrected chi connectivity index (χ1v) is 10.5. The minimum Gasteiger partial charge on any atom is -0.378 e. The van der Waals surface area contributed by atoms with Crippen molar-refractivity contribution in [1.82, 2.24) is 14.5 Å². The van der Waals surface area contributed by atoms with Crippen LogP contribution in [0.4, 0.5) is 8.78 Å². The van der Waals surface area contributed by atoms with E-state index in [1.165, 1.54) is 4.57 Å². The normalized spacial score (nSPS) is 11.4. The number of halogens is 2. The third kappa shape index (κ3) is 5.16. The Morgan fingerprint density at radius 1 is 1.26 bits per heavy atom. The molecule has 0 N–H and O–H groups in total. The second-order valence-corrected chi connectivity index (χ2v) is 8.31. The number of aromatic nitrogens is 3. The van der Waals surface area contributed by atoms with Crippen LogP contribution in [0.5, 0.6) is 5.75 Å². The van der Waals surface area contributed by atoms with Crippen LogP contribution in [0.15, 0.2) is 52.9 Å². The lowest BCUT2D eigenvalue weighted by atomic mass is 10.1. The number of hydrogen-bond acceptors (Lipinski definition) is 6. The minimum atomic E-state index is -4.57. The Labute approximate surface area is 177 Å². The average Bonchev–Trinajstić information content (AvgIpc) is 3.05. The van der Waals surface area contributed by atoms with E-state index < -0.39 is 27.5 Å². The summed E-state index contributed by atoms with van der Waals surface area (Å²) in [5.41, 5.74) is 9.53. The highest BCUT2D eigenvalue weighted by molar-refractivity contribution is 7.87. The van der Waals surface area contributed by atoms with Crippen molar-refractivity contribution in [3.63, 3.8) is 0 Å². The smallest absolute Gasteiger partial charge is 0.357 e. The van der Waals surface area contributed by atoms with Crippen molar-refractivity contribution < 1.29 is 21.4 Å². The third-order valence-corrected chi connectivity index (χ3v) is 5.50. The molecule has 0 spiro atoms. The molecule has 3 rings (SSSR count). The number of azide groups is 1. The zero-order chi connectivity index (χ0) is 22.6. The van der Waals surface area contributed by atoms with Gasteiger partial charge in [-0.3, -0.25) is 4.98 Å². The van der Waals surface area contributed by atoms with Crippen molar-refractivity contribution in [1.29, 1.82) is 0 Å². The van der Waals surface area contributed by atoms with E-state index in [9.17, 15) is 17.2 Å². The highest BCUT2D eigenvalue weighted by Gasteiger charge is 2.31. The maximum Gasteiger partial charge on any atom is 0.357 e. The van der Waals surface area contributed by atoms with Gasteiger partial charge in [0.25, 0.3) is 0 Å². The number of pyridine rings is 1. The summed E-state index contributed by atoms with van der Waals surface area (Å²) in [5, 5.41) is 3.20. The molecule has 0 saturated heterocycles. The van der Waals surface area contributed by atoms with Gasteiger partial charge in [0.05, 0.1) is 18.8 Å². The molecule has 0 atom stereocenters. The molecule has 0 bridgehead atoms. The van der Waals surface area contributed by atoms with E-state index in [0.29, 0.717) is 11.6 Å². The molecular formula is C19H18F2N6O3S. The van der Waals surface area contributed by atoms with E-state index in [1.54, 1.807) is 38.4 Å². The largest absolute Gasteiger partial charge is 0.378 e. The maximum absolute atomic E-state index is 13.5. The van der Waals surface area contributed by atoms with Gasteiger partial charge in [0.2, 0.25) is 0 Å². The first-order valence-electron chi connectivity index (χ1n) is 9.11. The lowest BCUT2D eigenvalue weighted by molar-refractivity contribution is 0.465. The van der Waals surface area contributed by atoms with Gasteiger partial charge in [-0.2, -0.15) is 8.42 Å². The molecule has 0 unspecified atom stereocenters. The SMILES string of the molecule is CC(C)c1nc(CN=[N+]=[N-])n(Cc2cccnc2)c1S(=O)(=O)Oc1cc(F)cc(F)c1. The molecule has 31 heavy (non-hydrogen) atoms. The first-order chi connectivity index (χ1) is 14.7. The number of benzene rings is 1. The Hall–Kier alpha value is -3.50. The standard InChI is InChI=1S/C19H18F2N6O3S/c1-12(2)18-19(31(28,29)30-16-7-14(20)6-15(21)8-16)27(17(25-18)10-24-26-22)11-13-4-3-5-23-9-13/h3-9,12H,10-11H2,1-2H3. The zero-order valence-electron chi connectivity index (χ0n) is 16.6. The van der Waals surface area contributed by atoms with Crippen molar-refractivity contribution in [2.45, 2.75) is 37.9 Å². The Bertz CT molecular complexity index is 1220. The van der Waals surface area contributed by atoms with E-state index in [4.69, 9.17) is 9.71 Å². The molecule has 0 radical (unpaired) electrons. The fourth-order valence-corrected chi connectivity index (χ4v) is 4.34. The van der Waals surface area contributed by atoms with Crippen LogP contribution in [0, 0.1) is 11.6 Å². The number of nitrogens with zero attached hydrogens (tertiary/aromatic N) is 6. The third-order valence-electron chi connectivity index (χ3n) is 4.19. The Morgan fingerprint density at radius 3 is 2.55 bits per heavy atom. The van der Waals surface area contributed by atoms with Gasteiger partial charge in [-0.15, -0.1) is 0 Å². The molecule has 0 amide bonds. The summed E-state index contributed by atoms with van der Waals surface area (Å²) in [6, 6.07) is 5.54. The molecule has 0 aliphatic heterocycles. The van der Waals surface area contributed by atoms with E-state index in [1.807, 2.05) is 0 Å². The molecule has 0 saturated carbocycles. The molecule has 2 aromatic heterocycles. The van der Waals surface area contributed by atoms with Crippen molar-refractivity contribution in [2.24, 2.45) is 5.11 Å². The number of imidazole rings is 1. The van der Waals surface area contributed by atoms with Crippen LogP contribution in [-0.2, 0) is 23.2 Å². The summed E-state index contributed by atoms with van der Waals surface area (Å²) in [6.07, 6.45) is 3.11. The van der Waals surface area contributed by atoms with Crippen molar-refractivity contribution in [2.75, 3.05) is 0 Å². The molecule has 162 valence electrons. The van der Waals surface area contributed by atoms with Crippen molar-refractivity contribution in [3.8, 4) is 5.75 Å². The predicted octanol–water partition coefficient (Wildman–Crippen LogP) is 4.31. The monoisotopic (exact) mass is 448 g/mol. The van der Waals surface area contributed by atoms with E-state index in [0.717, 1.165) is 12.1 Å². The Kier molecular flexibility index (Phi) is 6.52. The van der Waals surface area contributed by atoms with Crippen LogP contribution in [-0.4, -0.2) is 23.0 Å². The zero-order valence-corrected chi connectivity index (χ0v) is 17.4.